The molecule has 0 amide bonds. The Labute approximate surface area is 108 Å². The predicted molar refractivity (Wildman–Crippen MR) is 81.5 cm³/mol. The molecule has 0 saturated heterocycles. The maximum Gasteiger partial charge on any atom is 0.0962 e. The van der Waals surface area contributed by atoms with E-state index in [0.717, 1.165) is 17.2 Å². The zero-order valence-corrected chi connectivity index (χ0v) is 15.3. The number of nitrogens with zero attached hydrogens (tertiary/aromatic N) is 2. The van der Waals surface area contributed by atoms with E-state index in [1.165, 1.54) is 13.1 Å². The minimum Gasteiger partial charge on any atom is -0.327 e. The fraction of sp³-hybridized carbons (Fsp3) is 1.00. The zero-order chi connectivity index (χ0) is 12.7. The van der Waals surface area contributed by atoms with Crippen LogP contribution < -0.4 is 0 Å². The van der Waals surface area contributed by atoms with E-state index in [0.29, 0.717) is 0 Å². The summed E-state index contributed by atoms with van der Waals surface area (Å²) in [6.45, 7) is 19.0. The predicted octanol–water partition coefficient (Wildman–Crippen LogP) is 1.38. The highest BCUT2D eigenvalue weighted by Crippen LogP contribution is 2.09. The van der Waals surface area contributed by atoms with Crippen LogP contribution in [0.4, 0.5) is 0 Å². The normalized spacial score (nSPS) is 15.9. The zero-order valence-electron chi connectivity index (χ0n) is 12.5. The second-order valence-corrected chi connectivity index (χ2v) is 11.8. The Morgan fingerprint density at radius 1 is 0.750 bits per heavy atom. The molecule has 0 aliphatic rings. The van der Waals surface area contributed by atoms with Crippen LogP contribution in [0.15, 0.2) is 0 Å². The van der Waals surface area contributed by atoms with Crippen LogP contribution in [0, 0.1) is 0 Å². The van der Waals surface area contributed by atoms with E-state index in [1.54, 1.807) is 0 Å². The number of hydrogen-bond acceptors (Lipinski definition) is 2. The molecule has 0 aliphatic carbocycles. The quantitative estimate of drug-likeness (QED) is 0.609. The maximum atomic E-state index is 2.73. The van der Waals surface area contributed by atoms with Gasteiger partial charge in [-0.25, -0.2) is 0 Å². The number of rotatable bonds is 8. The first-order chi connectivity index (χ1) is 7.42. The van der Waals surface area contributed by atoms with E-state index in [9.17, 15) is 0 Å². The van der Waals surface area contributed by atoms with E-state index >= 15 is 0 Å². The lowest BCUT2D eigenvalue weighted by Gasteiger charge is -2.32. The molecule has 0 fully saturated rings. The molecule has 0 atom stereocenters. The second kappa shape index (κ2) is 8.45. The molecule has 0 aromatic heterocycles. The van der Waals surface area contributed by atoms with Crippen LogP contribution in [-0.4, -0.2) is 53.7 Å². The van der Waals surface area contributed by atoms with Crippen LogP contribution in [0.5, 0.6) is 0 Å². The standard InChI is InChI=1S/C12H32N2Si2/c1-8-13(10(3)4)15-12(7)16-14(9-2)11(5)6/h10-12H,8-9,15-16H2,1-7H3. The third kappa shape index (κ3) is 6.18. The van der Waals surface area contributed by atoms with Crippen molar-refractivity contribution in [2.45, 2.75) is 65.7 Å². The largest absolute Gasteiger partial charge is 0.327 e. The summed E-state index contributed by atoms with van der Waals surface area (Å²) in [6.07, 6.45) is 0. The Balaban J connectivity index is 4.09. The van der Waals surface area contributed by atoms with Gasteiger partial charge in [0.15, 0.2) is 0 Å². The summed E-state index contributed by atoms with van der Waals surface area (Å²) in [7, 11) is -0.0570. The van der Waals surface area contributed by atoms with Gasteiger partial charge in [0.05, 0.1) is 19.4 Å². The van der Waals surface area contributed by atoms with Crippen LogP contribution >= 0.6 is 0 Å². The van der Waals surface area contributed by atoms with Crippen molar-refractivity contribution in [3.63, 3.8) is 0 Å². The molecule has 0 aromatic rings. The third-order valence-electron chi connectivity index (χ3n) is 3.37. The van der Waals surface area contributed by atoms with Gasteiger partial charge < -0.3 is 9.13 Å². The first kappa shape index (κ1) is 16.4. The molecule has 0 unspecified atom stereocenters. The fourth-order valence-corrected chi connectivity index (χ4v) is 7.68. The fourth-order valence-electron chi connectivity index (χ4n) is 2.27. The van der Waals surface area contributed by atoms with Gasteiger partial charge in [0.25, 0.3) is 0 Å². The van der Waals surface area contributed by atoms with Gasteiger partial charge in [-0.1, -0.05) is 48.5 Å². The smallest absolute Gasteiger partial charge is 0.0962 e. The van der Waals surface area contributed by atoms with Gasteiger partial charge in [0.1, 0.15) is 0 Å². The van der Waals surface area contributed by atoms with Crippen LogP contribution in [-0.2, 0) is 0 Å². The topological polar surface area (TPSA) is 6.48 Å². The second-order valence-electron chi connectivity index (χ2n) is 5.47. The molecule has 0 aromatic carbocycles. The van der Waals surface area contributed by atoms with Crippen LogP contribution in [0.3, 0.4) is 0 Å². The molecule has 2 nitrogen and oxygen atoms in total. The highest BCUT2D eigenvalue weighted by atomic mass is 28.3. The SMILES string of the molecule is CCN([SiH2]C(C)[SiH2]N(CC)C(C)C)C(C)C. The maximum absolute atomic E-state index is 2.73. The molecule has 0 heterocycles. The molecule has 0 bridgehead atoms. The first-order valence-corrected chi connectivity index (χ1v) is 9.80. The van der Waals surface area contributed by atoms with Crippen LogP contribution in [0.1, 0.15) is 48.5 Å². The van der Waals surface area contributed by atoms with Crippen molar-refractivity contribution < 1.29 is 0 Å². The van der Waals surface area contributed by atoms with E-state index < -0.39 is 0 Å². The molecule has 0 rings (SSSR count). The Morgan fingerprint density at radius 3 is 1.25 bits per heavy atom. The lowest BCUT2D eigenvalue weighted by atomic mass is 10.4. The molecule has 0 radical (unpaired) electrons. The van der Waals surface area contributed by atoms with Gasteiger partial charge in [-0.3, -0.25) is 0 Å². The van der Waals surface area contributed by atoms with Crippen molar-refractivity contribution in [1.82, 2.24) is 9.13 Å². The highest BCUT2D eigenvalue weighted by Gasteiger charge is 2.16. The Morgan fingerprint density at radius 2 is 1.06 bits per heavy atom. The molecule has 98 valence electrons. The van der Waals surface area contributed by atoms with Crippen molar-refractivity contribution in [2.75, 3.05) is 13.1 Å². The van der Waals surface area contributed by atoms with Gasteiger partial charge in [-0.05, 0) is 30.3 Å². The average Bonchev–Trinajstić information content (AvgIpc) is 2.21. The van der Waals surface area contributed by atoms with Crippen molar-refractivity contribution in [3.05, 3.63) is 0 Å². The molecule has 0 spiro atoms. The van der Waals surface area contributed by atoms with Crippen molar-refractivity contribution >= 4 is 19.4 Å². The summed E-state index contributed by atoms with van der Waals surface area (Å²) < 4.78 is 5.46. The number of hydrogen-bond donors (Lipinski definition) is 0. The summed E-state index contributed by atoms with van der Waals surface area (Å²) >= 11 is 0. The molecular weight excluding hydrogens is 228 g/mol. The van der Waals surface area contributed by atoms with E-state index in [-0.39, 0.29) is 19.4 Å². The van der Waals surface area contributed by atoms with Gasteiger partial charge in [-0.15, -0.1) is 0 Å². The minimum atomic E-state index is -0.0285. The Bertz CT molecular complexity index is 156. The van der Waals surface area contributed by atoms with Gasteiger partial charge in [0, 0.05) is 0 Å². The van der Waals surface area contributed by atoms with Crippen molar-refractivity contribution in [1.29, 1.82) is 0 Å². The van der Waals surface area contributed by atoms with E-state index in [1.807, 2.05) is 0 Å². The summed E-state index contributed by atoms with van der Waals surface area (Å²) in [6, 6.07) is 1.50. The van der Waals surface area contributed by atoms with Crippen molar-refractivity contribution in [2.24, 2.45) is 0 Å². The van der Waals surface area contributed by atoms with Crippen LogP contribution in [0.25, 0.3) is 0 Å². The molecule has 0 N–H and O–H groups in total. The summed E-state index contributed by atoms with van der Waals surface area (Å²) in [5.41, 5.74) is 0. The van der Waals surface area contributed by atoms with Gasteiger partial charge in [0.2, 0.25) is 0 Å². The summed E-state index contributed by atoms with van der Waals surface area (Å²) in [5.74, 6) is 0. The third-order valence-corrected chi connectivity index (χ3v) is 9.45. The minimum absolute atomic E-state index is 0.0285. The monoisotopic (exact) mass is 260 g/mol. The first-order valence-electron chi connectivity index (χ1n) is 6.90. The van der Waals surface area contributed by atoms with Crippen molar-refractivity contribution in [3.8, 4) is 0 Å². The van der Waals surface area contributed by atoms with E-state index in [4.69, 9.17) is 0 Å². The van der Waals surface area contributed by atoms with Gasteiger partial charge >= 0.3 is 0 Å². The summed E-state index contributed by atoms with van der Waals surface area (Å²) in [4.78, 5) is 0. The van der Waals surface area contributed by atoms with E-state index in [2.05, 4.69) is 57.6 Å². The summed E-state index contributed by atoms with van der Waals surface area (Å²) in [5, 5.41) is 1.03. The molecule has 16 heavy (non-hydrogen) atoms. The average molecular weight is 261 g/mol. The van der Waals surface area contributed by atoms with Gasteiger partial charge in [-0.2, -0.15) is 0 Å². The molecule has 0 saturated carbocycles. The lowest BCUT2D eigenvalue weighted by molar-refractivity contribution is 0.377. The Kier molecular flexibility index (Phi) is 8.63. The molecular formula is C12H32N2Si2. The molecule has 4 heteroatoms. The molecule has 0 aliphatic heterocycles. The van der Waals surface area contributed by atoms with Crippen LogP contribution in [0.2, 0.25) is 5.16 Å². The lowest BCUT2D eigenvalue weighted by Crippen LogP contribution is -2.42. The Hall–Kier alpha value is 0.354. The highest BCUT2D eigenvalue weighted by molar-refractivity contribution is 6.55.